The van der Waals surface area contributed by atoms with Gasteiger partial charge in [-0.1, -0.05) is 110 Å². The molecule has 0 aliphatic heterocycles. The molecule has 10 nitrogen and oxygen atoms in total. The number of rotatable bonds is 14. The average Bonchev–Trinajstić information content (AvgIpc) is 3.63. The van der Waals surface area contributed by atoms with E-state index in [2.05, 4.69) is 17.2 Å². The Kier molecular flexibility index (Phi) is 10.8. The Balaban J connectivity index is 1.02. The third-order valence-electron chi connectivity index (χ3n) is 8.77. The van der Waals surface area contributed by atoms with Gasteiger partial charge in [0.1, 0.15) is 31.9 Å². The highest BCUT2D eigenvalue weighted by Gasteiger charge is 2.32. The van der Waals surface area contributed by atoms with E-state index in [9.17, 15) is 24.3 Å². The van der Waals surface area contributed by atoms with Gasteiger partial charge in [0.05, 0.1) is 0 Å². The maximum atomic E-state index is 13.0. The second-order valence-corrected chi connectivity index (χ2v) is 12.9. The van der Waals surface area contributed by atoms with Crippen molar-refractivity contribution >= 4 is 35.9 Å². The van der Waals surface area contributed by atoms with E-state index in [-0.39, 0.29) is 43.2 Å². The summed E-state index contributed by atoms with van der Waals surface area (Å²) in [4.78, 5) is 50.6. The zero-order chi connectivity index (χ0) is 35.0. The maximum absolute atomic E-state index is 13.0. The molecule has 0 spiro atoms. The van der Waals surface area contributed by atoms with Crippen LogP contribution in [0.5, 0.6) is 0 Å². The zero-order valence-corrected chi connectivity index (χ0v) is 27.9. The van der Waals surface area contributed by atoms with E-state index in [0.717, 1.165) is 56.3 Å². The maximum Gasteiger partial charge on any atom is 0.407 e. The Morgan fingerprint density at radius 1 is 0.640 bits per heavy atom. The Morgan fingerprint density at radius 2 is 1.02 bits per heavy atom. The summed E-state index contributed by atoms with van der Waals surface area (Å²) in [6.45, 7) is 3.55. The fraction of sp³-hybridized carbons (Fsp3) is 0.231. The van der Waals surface area contributed by atoms with Crippen molar-refractivity contribution in [2.45, 2.75) is 23.9 Å². The Bertz CT molecular complexity index is 1820. The number of aliphatic carboxylic acids is 1. The summed E-state index contributed by atoms with van der Waals surface area (Å²) in [7, 11) is 0. The molecule has 2 atom stereocenters. The van der Waals surface area contributed by atoms with Gasteiger partial charge in [0.2, 0.25) is 0 Å². The highest BCUT2D eigenvalue weighted by Crippen LogP contribution is 2.45. The fourth-order valence-corrected chi connectivity index (χ4v) is 7.51. The zero-order valence-electron chi connectivity index (χ0n) is 27.1. The number of ether oxygens (including phenoxy) is 3. The van der Waals surface area contributed by atoms with Crippen LogP contribution in [-0.2, 0) is 23.8 Å². The van der Waals surface area contributed by atoms with Crippen LogP contribution in [-0.4, -0.2) is 72.6 Å². The molecule has 2 aliphatic carbocycles. The lowest BCUT2D eigenvalue weighted by Crippen LogP contribution is -2.46. The third-order valence-corrected chi connectivity index (χ3v) is 9.90. The van der Waals surface area contributed by atoms with Gasteiger partial charge in [0.15, 0.2) is 0 Å². The van der Waals surface area contributed by atoms with Crippen LogP contribution >= 0.6 is 11.8 Å². The molecule has 2 amide bonds. The SMILES string of the molecule is C=CCOC(=O)[C@H](CSC[C@H](NC(=O)OCC1c2ccccc2-c2ccccc21)C(=O)O)NC(=O)OCC1c2ccccc2-c2ccccc21. The topological polar surface area (TPSA) is 140 Å². The number of hydrogen-bond donors (Lipinski definition) is 3. The lowest BCUT2D eigenvalue weighted by atomic mass is 9.98. The molecule has 11 heteroatoms. The lowest BCUT2D eigenvalue weighted by Gasteiger charge is -2.20. The average molecular weight is 693 g/mol. The summed E-state index contributed by atoms with van der Waals surface area (Å²) in [6, 6.07) is 29.2. The smallest absolute Gasteiger partial charge is 0.407 e. The molecule has 3 N–H and O–H groups in total. The summed E-state index contributed by atoms with van der Waals surface area (Å²) >= 11 is 1.05. The Hall–Kier alpha value is -5.55. The first-order chi connectivity index (χ1) is 24.4. The predicted molar refractivity (Wildman–Crippen MR) is 190 cm³/mol. The molecule has 0 fully saturated rings. The largest absolute Gasteiger partial charge is 0.480 e. The summed E-state index contributed by atoms with van der Waals surface area (Å²) in [5, 5.41) is 14.8. The summed E-state index contributed by atoms with van der Waals surface area (Å²) in [5.74, 6) is -2.53. The van der Waals surface area contributed by atoms with E-state index in [1.807, 2.05) is 97.1 Å². The number of hydrogen-bond acceptors (Lipinski definition) is 8. The number of nitrogens with one attached hydrogen (secondary N) is 2. The van der Waals surface area contributed by atoms with Crippen molar-refractivity contribution in [1.29, 1.82) is 0 Å². The summed E-state index contributed by atoms with van der Waals surface area (Å²) in [5.41, 5.74) is 8.47. The van der Waals surface area contributed by atoms with Crippen LogP contribution in [0.15, 0.2) is 110 Å². The Labute approximate surface area is 293 Å². The van der Waals surface area contributed by atoms with Crippen LogP contribution in [0.4, 0.5) is 9.59 Å². The van der Waals surface area contributed by atoms with E-state index in [4.69, 9.17) is 14.2 Å². The molecule has 0 saturated heterocycles. The fourth-order valence-electron chi connectivity index (χ4n) is 6.45. The number of thioether (sulfide) groups is 1. The van der Waals surface area contributed by atoms with Crippen LogP contribution in [0, 0.1) is 0 Å². The van der Waals surface area contributed by atoms with E-state index < -0.39 is 36.2 Å². The molecule has 0 saturated carbocycles. The molecular formula is C39H36N2O8S. The van der Waals surface area contributed by atoms with Crippen LogP contribution in [0.1, 0.15) is 34.1 Å². The highest BCUT2D eigenvalue weighted by atomic mass is 32.2. The first-order valence-corrected chi connectivity index (χ1v) is 17.3. The standard InChI is InChI=1S/C39H36N2O8S/c1-2-19-47-37(44)35(41-39(46)49-21-33-30-17-9-5-13-26(30)27-14-6-10-18-31(27)33)23-50-22-34(36(42)43)40-38(45)48-20-32-28-15-7-3-11-24(28)25-12-4-8-16-29(25)32/h2-18,32-35H,1,19-23H2,(H,40,45)(H,41,46)(H,42,43)/t34-,35-/m0/s1. The first-order valence-electron chi connectivity index (χ1n) is 16.2. The molecule has 0 radical (unpaired) electrons. The van der Waals surface area contributed by atoms with Crippen molar-refractivity contribution in [3.8, 4) is 22.3 Å². The van der Waals surface area contributed by atoms with Crippen molar-refractivity contribution in [1.82, 2.24) is 10.6 Å². The minimum absolute atomic E-state index is 0.0284. The van der Waals surface area contributed by atoms with Gasteiger partial charge >= 0.3 is 24.1 Å². The number of alkyl carbamates (subject to hydrolysis) is 2. The second-order valence-electron chi connectivity index (χ2n) is 11.8. The molecular weight excluding hydrogens is 657 g/mol. The number of esters is 1. The quantitative estimate of drug-likeness (QED) is 0.0784. The minimum Gasteiger partial charge on any atom is -0.480 e. The Morgan fingerprint density at radius 3 is 1.42 bits per heavy atom. The van der Waals surface area contributed by atoms with Gasteiger partial charge in [-0.25, -0.2) is 19.2 Å². The lowest BCUT2D eigenvalue weighted by molar-refractivity contribution is -0.144. The molecule has 0 heterocycles. The van der Waals surface area contributed by atoms with Gasteiger partial charge in [0, 0.05) is 23.3 Å². The summed E-state index contributed by atoms with van der Waals surface area (Å²) < 4.78 is 16.3. The first kappa shape index (κ1) is 34.3. The molecule has 0 bridgehead atoms. The predicted octanol–water partition coefficient (Wildman–Crippen LogP) is 6.35. The van der Waals surface area contributed by atoms with E-state index in [1.54, 1.807) is 0 Å². The highest BCUT2D eigenvalue weighted by molar-refractivity contribution is 7.99. The number of carbonyl (C=O) groups excluding carboxylic acids is 3. The van der Waals surface area contributed by atoms with Crippen molar-refractivity contribution in [3.05, 3.63) is 132 Å². The summed E-state index contributed by atoms with van der Waals surface area (Å²) in [6.07, 6.45) is -0.299. The van der Waals surface area contributed by atoms with Crippen LogP contribution < -0.4 is 10.6 Å². The second kappa shape index (κ2) is 15.8. The van der Waals surface area contributed by atoms with Crippen molar-refractivity contribution < 1.29 is 38.5 Å². The third kappa shape index (κ3) is 7.52. The molecule has 50 heavy (non-hydrogen) atoms. The van der Waals surface area contributed by atoms with Crippen LogP contribution in [0.25, 0.3) is 22.3 Å². The number of carboxylic acids is 1. The van der Waals surface area contributed by atoms with Crippen molar-refractivity contribution in [2.75, 3.05) is 31.3 Å². The van der Waals surface area contributed by atoms with Gasteiger partial charge in [-0.15, -0.1) is 0 Å². The minimum atomic E-state index is -1.32. The van der Waals surface area contributed by atoms with Gasteiger partial charge in [0.25, 0.3) is 0 Å². The molecule has 0 aromatic heterocycles. The van der Waals surface area contributed by atoms with Gasteiger partial charge in [-0.05, 0) is 44.5 Å². The number of benzene rings is 4. The molecule has 2 aliphatic rings. The monoisotopic (exact) mass is 692 g/mol. The number of carboxylic acid groups (broad SMARTS) is 1. The van der Waals surface area contributed by atoms with E-state index >= 15 is 0 Å². The van der Waals surface area contributed by atoms with Gasteiger partial charge in [-0.3, -0.25) is 0 Å². The number of carbonyl (C=O) groups is 4. The van der Waals surface area contributed by atoms with Crippen molar-refractivity contribution in [3.63, 3.8) is 0 Å². The van der Waals surface area contributed by atoms with E-state index in [1.165, 1.54) is 6.08 Å². The number of fused-ring (bicyclic) bond motifs is 6. The molecule has 6 rings (SSSR count). The number of amides is 2. The molecule has 4 aromatic rings. The van der Waals surface area contributed by atoms with E-state index in [0.29, 0.717) is 0 Å². The van der Waals surface area contributed by atoms with Crippen LogP contribution in [0.2, 0.25) is 0 Å². The molecule has 0 unspecified atom stereocenters. The molecule has 4 aromatic carbocycles. The van der Waals surface area contributed by atoms with Gasteiger partial charge < -0.3 is 30.0 Å². The van der Waals surface area contributed by atoms with Crippen molar-refractivity contribution in [2.24, 2.45) is 0 Å². The molecule has 256 valence electrons. The van der Waals surface area contributed by atoms with Crippen LogP contribution in [0.3, 0.4) is 0 Å². The van der Waals surface area contributed by atoms with Gasteiger partial charge in [-0.2, -0.15) is 11.8 Å². The normalized spacial score (nSPS) is 13.8.